The maximum Gasteiger partial charge on any atom is 0.319 e. The van der Waals surface area contributed by atoms with Gasteiger partial charge in [-0.15, -0.1) is 0 Å². The molecule has 0 atom stereocenters. The van der Waals surface area contributed by atoms with Gasteiger partial charge >= 0.3 is 6.03 Å². The van der Waals surface area contributed by atoms with Crippen molar-refractivity contribution in [1.82, 2.24) is 15.1 Å². The highest BCUT2D eigenvalue weighted by Crippen LogP contribution is 2.23. The van der Waals surface area contributed by atoms with E-state index in [4.69, 9.17) is 4.74 Å². The third-order valence-electron chi connectivity index (χ3n) is 4.11. The van der Waals surface area contributed by atoms with Crippen LogP contribution in [0.2, 0.25) is 0 Å². The molecule has 0 saturated heterocycles. The molecule has 2 N–H and O–H groups in total. The average Bonchev–Trinajstić information content (AvgIpc) is 2.99. The minimum atomic E-state index is -0.240. The van der Waals surface area contributed by atoms with Gasteiger partial charge in [0.1, 0.15) is 5.75 Å². The number of rotatable bonds is 5. The van der Waals surface area contributed by atoms with Crippen LogP contribution in [0, 0.1) is 0 Å². The summed E-state index contributed by atoms with van der Waals surface area (Å²) in [6, 6.07) is 7.10. The Morgan fingerprint density at radius 3 is 3.00 bits per heavy atom. The molecule has 0 fully saturated rings. The van der Waals surface area contributed by atoms with Gasteiger partial charge in [-0.25, -0.2) is 4.79 Å². The van der Waals surface area contributed by atoms with E-state index in [0.29, 0.717) is 24.5 Å². The number of para-hydroxylation sites is 2. The Morgan fingerprint density at radius 2 is 2.13 bits per heavy atom. The van der Waals surface area contributed by atoms with Crippen LogP contribution in [0.3, 0.4) is 0 Å². The second-order valence-electron chi connectivity index (χ2n) is 5.63. The second kappa shape index (κ2) is 7.17. The van der Waals surface area contributed by atoms with Crippen LogP contribution in [-0.4, -0.2) is 29.5 Å². The molecular weight excluding hydrogens is 292 g/mol. The number of anilines is 1. The summed E-state index contributed by atoms with van der Waals surface area (Å²) in [4.78, 5) is 12.0. The summed E-state index contributed by atoms with van der Waals surface area (Å²) in [7, 11) is 1.58. The smallest absolute Gasteiger partial charge is 0.319 e. The van der Waals surface area contributed by atoms with Crippen LogP contribution in [-0.2, 0) is 19.4 Å². The van der Waals surface area contributed by atoms with Gasteiger partial charge in [0, 0.05) is 12.2 Å². The maximum atomic E-state index is 12.0. The normalized spacial score (nSPS) is 13.3. The van der Waals surface area contributed by atoms with Gasteiger partial charge < -0.3 is 15.4 Å². The number of hydrogen-bond acceptors (Lipinski definition) is 3. The zero-order valence-electron chi connectivity index (χ0n) is 13.3. The van der Waals surface area contributed by atoms with Crippen LogP contribution < -0.4 is 15.4 Å². The van der Waals surface area contributed by atoms with Gasteiger partial charge in [0.05, 0.1) is 25.5 Å². The molecule has 0 bridgehead atoms. The fourth-order valence-electron chi connectivity index (χ4n) is 2.94. The lowest BCUT2D eigenvalue weighted by molar-refractivity contribution is 0.251. The lowest BCUT2D eigenvalue weighted by Gasteiger charge is -2.14. The molecule has 2 amide bonds. The van der Waals surface area contributed by atoms with E-state index in [9.17, 15) is 4.79 Å². The minimum Gasteiger partial charge on any atom is -0.495 e. The fourth-order valence-corrected chi connectivity index (χ4v) is 2.94. The van der Waals surface area contributed by atoms with Crippen molar-refractivity contribution in [2.45, 2.75) is 32.2 Å². The van der Waals surface area contributed by atoms with E-state index in [2.05, 4.69) is 15.7 Å². The highest BCUT2D eigenvalue weighted by molar-refractivity contribution is 5.90. The first-order valence-electron chi connectivity index (χ1n) is 7.99. The van der Waals surface area contributed by atoms with Crippen LogP contribution in [0.5, 0.6) is 5.75 Å². The van der Waals surface area contributed by atoms with Crippen LogP contribution >= 0.6 is 0 Å². The van der Waals surface area contributed by atoms with Crippen molar-refractivity contribution >= 4 is 11.7 Å². The van der Waals surface area contributed by atoms with Crippen molar-refractivity contribution in [3.05, 3.63) is 41.7 Å². The molecule has 6 heteroatoms. The number of methoxy groups -OCH3 is 1. The standard InChI is InChI=1S/C17H22N4O2/c1-23-16-9-5-3-7-14(16)20-17(22)18-10-11-21-15-8-4-2-6-13(15)12-19-21/h3,5,7,9,12H,2,4,6,8,10-11H2,1H3,(H2,18,20,22). The first-order chi connectivity index (χ1) is 11.3. The summed E-state index contributed by atoms with van der Waals surface area (Å²) < 4.78 is 7.23. The van der Waals surface area contributed by atoms with Gasteiger partial charge in [-0.05, 0) is 43.4 Å². The number of hydrogen-bond donors (Lipinski definition) is 2. The Kier molecular flexibility index (Phi) is 4.80. The molecule has 122 valence electrons. The van der Waals surface area contributed by atoms with Crippen molar-refractivity contribution in [3.63, 3.8) is 0 Å². The monoisotopic (exact) mass is 314 g/mol. The summed E-state index contributed by atoms with van der Waals surface area (Å²) in [5.41, 5.74) is 3.34. The zero-order chi connectivity index (χ0) is 16.1. The van der Waals surface area contributed by atoms with Crippen molar-refractivity contribution in [1.29, 1.82) is 0 Å². The Bertz CT molecular complexity index is 681. The van der Waals surface area contributed by atoms with Crippen LogP contribution in [0.25, 0.3) is 0 Å². The van der Waals surface area contributed by atoms with Crippen LogP contribution in [0.15, 0.2) is 30.5 Å². The van der Waals surface area contributed by atoms with Gasteiger partial charge in [0.2, 0.25) is 0 Å². The average molecular weight is 314 g/mol. The predicted molar refractivity (Wildman–Crippen MR) is 88.9 cm³/mol. The van der Waals surface area contributed by atoms with Gasteiger partial charge in [0.25, 0.3) is 0 Å². The summed E-state index contributed by atoms with van der Waals surface area (Å²) in [5.74, 6) is 0.642. The van der Waals surface area contributed by atoms with Crippen molar-refractivity contribution in [2.75, 3.05) is 19.0 Å². The molecule has 1 aliphatic carbocycles. The van der Waals surface area contributed by atoms with Crippen LogP contribution in [0.4, 0.5) is 10.5 Å². The number of fused-ring (bicyclic) bond motifs is 1. The lowest BCUT2D eigenvalue weighted by Crippen LogP contribution is -2.32. The number of carbonyl (C=O) groups excluding carboxylic acids is 1. The highest BCUT2D eigenvalue weighted by atomic mass is 16.5. The van der Waals surface area contributed by atoms with Gasteiger partial charge in [-0.2, -0.15) is 5.10 Å². The third kappa shape index (κ3) is 3.64. The second-order valence-corrected chi connectivity index (χ2v) is 5.63. The number of ether oxygens (including phenoxy) is 1. The molecule has 1 aromatic carbocycles. The van der Waals surface area contributed by atoms with E-state index in [0.717, 1.165) is 12.8 Å². The molecule has 0 radical (unpaired) electrons. The van der Waals surface area contributed by atoms with Gasteiger partial charge in [0.15, 0.2) is 0 Å². The summed E-state index contributed by atoms with van der Waals surface area (Å²) in [5, 5.41) is 10.1. The van der Waals surface area contributed by atoms with E-state index in [1.54, 1.807) is 7.11 Å². The number of amides is 2. The third-order valence-corrected chi connectivity index (χ3v) is 4.11. The number of aryl methyl sites for hydroxylation is 1. The predicted octanol–water partition coefficient (Wildman–Crippen LogP) is 2.59. The molecule has 1 aliphatic rings. The van der Waals surface area contributed by atoms with E-state index < -0.39 is 0 Å². The Morgan fingerprint density at radius 1 is 1.30 bits per heavy atom. The molecule has 1 aromatic heterocycles. The topological polar surface area (TPSA) is 68.2 Å². The molecule has 0 saturated carbocycles. The van der Waals surface area contributed by atoms with Gasteiger partial charge in [-0.3, -0.25) is 4.68 Å². The van der Waals surface area contributed by atoms with Crippen molar-refractivity contribution < 1.29 is 9.53 Å². The van der Waals surface area contributed by atoms with Crippen molar-refractivity contribution in [2.24, 2.45) is 0 Å². The number of nitrogens with one attached hydrogen (secondary N) is 2. The van der Waals surface area contributed by atoms with Crippen molar-refractivity contribution in [3.8, 4) is 5.75 Å². The molecule has 6 nitrogen and oxygen atoms in total. The summed E-state index contributed by atoms with van der Waals surface area (Å²) in [6.07, 6.45) is 6.64. The van der Waals surface area contributed by atoms with E-state index in [1.807, 2.05) is 35.1 Å². The molecule has 23 heavy (non-hydrogen) atoms. The Labute approximate surface area is 135 Å². The fraction of sp³-hybridized carbons (Fsp3) is 0.412. The Balaban J connectivity index is 1.51. The maximum absolute atomic E-state index is 12.0. The van der Waals surface area contributed by atoms with E-state index in [-0.39, 0.29) is 6.03 Å². The number of aromatic nitrogens is 2. The molecule has 1 heterocycles. The quantitative estimate of drug-likeness (QED) is 0.891. The SMILES string of the molecule is COc1ccccc1NC(=O)NCCn1ncc2c1CCCC2. The summed E-state index contributed by atoms with van der Waals surface area (Å²) >= 11 is 0. The molecule has 0 unspecified atom stereocenters. The molecule has 2 aromatic rings. The lowest BCUT2D eigenvalue weighted by atomic mass is 9.98. The largest absolute Gasteiger partial charge is 0.495 e. The zero-order valence-corrected chi connectivity index (χ0v) is 13.3. The summed E-state index contributed by atoms with van der Waals surface area (Å²) in [6.45, 7) is 1.23. The Hall–Kier alpha value is -2.50. The molecule has 3 rings (SSSR count). The molecule has 0 aliphatic heterocycles. The molecular formula is C17H22N4O2. The molecule has 0 spiro atoms. The first kappa shape index (κ1) is 15.4. The number of nitrogens with zero attached hydrogens (tertiary/aromatic N) is 2. The highest BCUT2D eigenvalue weighted by Gasteiger charge is 2.14. The minimum absolute atomic E-state index is 0.240. The number of carbonyl (C=O) groups is 1. The number of benzene rings is 1. The van der Waals surface area contributed by atoms with E-state index >= 15 is 0 Å². The van der Waals surface area contributed by atoms with E-state index in [1.165, 1.54) is 24.1 Å². The van der Waals surface area contributed by atoms with Gasteiger partial charge in [-0.1, -0.05) is 12.1 Å². The van der Waals surface area contributed by atoms with Crippen LogP contribution in [0.1, 0.15) is 24.1 Å². The first-order valence-corrected chi connectivity index (χ1v) is 7.99. The number of urea groups is 1.